The molecule has 1 saturated carbocycles. The van der Waals surface area contributed by atoms with Gasteiger partial charge in [-0.2, -0.15) is 13.2 Å². The lowest BCUT2D eigenvalue weighted by molar-refractivity contribution is -0.160. The summed E-state index contributed by atoms with van der Waals surface area (Å²) in [5.74, 6) is -0.156. The molecule has 1 unspecified atom stereocenters. The summed E-state index contributed by atoms with van der Waals surface area (Å²) >= 11 is 0. The van der Waals surface area contributed by atoms with E-state index < -0.39 is 12.2 Å². The fraction of sp³-hybridized carbons (Fsp3) is 1.00. The summed E-state index contributed by atoms with van der Waals surface area (Å²) in [5, 5.41) is 2.55. The Morgan fingerprint density at radius 1 is 1.42 bits per heavy atom. The van der Waals surface area contributed by atoms with Gasteiger partial charge in [-0.3, -0.25) is 0 Å². The minimum absolute atomic E-state index is 0.156. The van der Waals surface area contributed by atoms with Crippen LogP contribution in [0.1, 0.15) is 26.2 Å². The zero-order valence-electron chi connectivity index (χ0n) is 7.12. The molecule has 1 rings (SSSR count). The van der Waals surface area contributed by atoms with Crippen molar-refractivity contribution in [3.05, 3.63) is 0 Å². The second-order valence-electron chi connectivity index (χ2n) is 3.31. The lowest BCUT2D eigenvalue weighted by atomic mass is 10.2. The molecule has 72 valence electrons. The minimum atomic E-state index is -4.06. The van der Waals surface area contributed by atoms with E-state index >= 15 is 0 Å². The number of hydrogen-bond acceptors (Lipinski definition) is 1. The smallest absolute Gasteiger partial charge is 0.306 e. The third kappa shape index (κ3) is 2.66. The van der Waals surface area contributed by atoms with Gasteiger partial charge in [0.15, 0.2) is 0 Å². The van der Waals surface area contributed by atoms with Crippen LogP contribution in [0.25, 0.3) is 0 Å². The van der Waals surface area contributed by atoms with Gasteiger partial charge in [0.2, 0.25) is 0 Å². The van der Waals surface area contributed by atoms with Crippen LogP contribution >= 0.6 is 0 Å². The first-order valence-corrected chi connectivity index (χ1v) is 4.35. The van der Waals surface area contributed by atoms with Crippen molar-refractivity contribution >= 4 is 0 Å². The zero-order valence-corrected chi connectivity index (χ0v) is 7.12. The molecule has 1 fully saturated rings. The number of nitrogens with one attached hydrogen (secondary N) is 1. The van der Waals surface area contributed by atoms with Gasteiger partial charge in [0.05, 0.1) is 0 Å². The van der Waals surface area contributed by atoms with E-state index in [4.69, 9.17) is 0 Å². The molecule has 0 saturated heterocycles. The Morgan fingerprint density at radius 3 is 2.33 bits per heavy atom. The average Bonchev–Trinajstić information content (AvgIpc) is 2.69. The van der Waals surface area contributed by atoms with Crippen molar-refractivity contribution in [2.75, 3.05) is 6.54 Å². The second kappa shape index (κ2) is 3.64. The molecule has 0 aromatic heterocycles. The summed E-state index contributed by atoms with van der Waals surface area (Å²) in [6.07, 6.45) is -1.86. The molecule has 1 N–H and O–H groups in total. The molecular weight excluding hydrogens is 167 g/mol. The summed E-state index contributed by atoms with van der Waals surface area (Å²) in [5.41, 5.74) is 0. The summed E-state index contributed by atoms with van der Waals surface area (Å²) in [6.45, 7) is 2.33. The van der Waals surface area contributed by atoms with E-state index in [0.717, 1.165) is 19.3 Å². The SMILES string of the molecule is CCCNC(C1CC1)C(F)(F)F. The van der Waals surface area contributed by atoms with Crippen molar-refractivity contribution in [2.45, 2.75) is 38.4 Å². The van der Waals surface area contributed by atoms with Crippen LogP contribution in [0.3, 0.4) is 0 Å². The molecule has 0 aliphatic heterocycles. The van der Waals surface area contributed by atoms with Gasteiger partial charge in [-0.1, -0.05) is 6.92 Å². The van der Waals surface area contributed by atoms with E-state index in [-0.39, 0.29) is 5.92 Å². The zero-order chi connectivity index (χ0) is 9.19. The van der Waals surface area contributed by atoms with E-state index in [1.807, 2.05) is 6.92 Å². The van der Waals surface area contributed by atoms with Crippen molar-refractivity contribution in [3.8, 4) is 0 Å². The summed E-state index contributed by atoms with van der Waals surface area (Å²) in [7, 11) is 0. The monoisotopic (exact) mass is 181 g/mol. The fourth-order valence-corrected chi connectivity index (χ4v) is 1.28. The van der Waals surface area contributed by atoms with Crippen LogP contribution in [-0.4, -0.2) is 18.8 Å². The van der Waals surface area contributed by atoms with Crippen LogP contribution in [0.5, 0.6) is 0 Å². The molecule has 0 heterocycles. The summed E-state index contributed by atoms with van der Waals surface area (Å²) < 4.78 is 36.8. The van der Waals surface area contributed by atoms with Gasteiger partial charge in [-0.15, -0.1) is 0 Å². The predicted octanol–water partition coefficient (Wildman–Crippen LogP) is 2.33. The number of rotatable bonds is 4. The fourth-order valence-electron chi connectivity index (χ4n) is 1.28. The van der Waals surface area contributed by atoms with Gasteiger partial charge in [-0.05, 0) is 31.7 Å². The third-order valence-electron chi connectivity index (χ3n) is 2.06. The molecule has 0 aromatic rings. The van der Waals surface area contributed by atoms with Crippen LogP contribution in [-0.2, 0) is 0 Å². The van der Waals surface area contributed by atoms with Gasteiger partial charge in [0.25, 0.3) is 0 Å². The Labute approximate surface area is 70.3 Å². The second-order valence-corrected chi connectivity index (χ2v) is 3.31. The maximum absolute atomic E-state index is 12.3. The Balaban J connectivity index is 2.38. The highest BCUT2D eigenvalue weighted by atomic mass is 19.4. The molecule has 0 radical (unpaired) electrons. The Hall–Kier alpha value is -0.250. The van der Waals surface area contributed by atoms with Gasteiger partial charge in [0, 0.05) is 0 Å². The highest BCUT2D eigenvalue weighted by Crippen LogP contribution is 2.39. The highest BCUT2D eigenvalue weighted by molar-refractivity contribution is 4.90. The molecule has 0 bridgehead atoms. The lowest BCUT2D eigenvalue weighted by Gasteiger charge is -2.20. The van der Waals surface area contributed by atoms with Crippen LogP contribution in [0.4, 0.5) is 13.2 Å². The van der Waals surface area contributed by atoms with Crippen LogP contribution in [0.15, 0.2) is 0 Å². The van der Waals surface area contributed by atoms with E-state index in [1.165, 1.54) is 0 Å². The van der Waals surface area contributed by atoms with Crippen LogP contribution in [0.2, 0.25) is 0 Å². The first-order valence-electron chi connectivity index (χ1n) is 4.35. The molecular formula is C8H14F3N. The van der Waals surface area contributed by atoms with Crippen molar-refractivity contribution in [2.24, 2.45) is 5.92 Å². The van der Waals surface area contributed by atoms with Gasteiger partial charge in [-0.25, -0.2) is 0 Å². The number of hydrogen-bond donors (Lipinski definition) is 1. The van der Waals surface area contributed by atoms with Crippen molar-refractivity contribution in [1.82, 2.24) is 5.32 Å². The number of alkyl halides is 3. The maximum atomic E-state index is 12.3. The minimum Gasteiger partial charge on any atom is -0.306 e. The van der Waals surface area contributed by atoms with E-state index in [9.17, 15) is 13.2 Å². The Kier molecular flexibility index (Phi) is 2.99. The van der Waals surface area contributed by atoms with Crippen molar-refractivity contribution in [3.63, 3.8) is 0 Å². The normalized spacial score (nSPS) is 21.0. The first kappa shape index (κ1) is 9.84. The largest absolute Gasteiger partial charge is 0.404 e. The number of halogens is 3. The molecule has 0 spiro atoms. The average molecular weight is 181 g/mol. The molecule has 12 heavy (non-hydrogen) atoms. The molecule has 0 amide bonds. The van der Waals surface area contributed by atoms with Crippen molar-refractivity contribution < 1.29 is 13.2 Å². The van der Waals surface area contributed by atoms with Gasteiger partial charge >= 0.3 is 6.18 Å². The molecule has 4 heteroatoms. The van der Waals surface area contributed by atoms with Crippen LogP contribution in [0, 0.1) is 5.92 Å². The Bertz CT molecular complexity index is 140. The summed E-state index contributed by atoms with van der Waals surface area (Å²) in [6, 6.07) is -1.25. The standard InChI is InChI=1S/C8H14F3N/c1-2-5-12-7(6-3-4-6)8(9,10)11/h6-7,12H,2-5H2,1H3. The predicted molar refractivity (Wildman–Crippen MR) is 40.9 cm³/mol. The third-order valence-corrected chi connectivity index (χ3v) is 2.06. The molecule has 1 atom stereocenters. The van der Waals surface area contributed by atoms with Crippen LogP contribution < -0.4 is 5.32 Å². The van der Waals surface area contributed by atoms with Gasteiger partial charge in [0.1, 0.15) is 6.04 Å². The van der Waals surface area contributed by atoms with E-state index in [1.54, 1.807) is 0 Å². The quantitative estimate of drug-likeness (QED) is 0.701. The highest BCUT2D eigenvalue weighted by Gasteiger charge is 2.48. The Morgan fingerprint density at radius 2 is 2.00 bits per heavy atom. The molecule has 1 nitrogen and oxygen atoms in total. The lowest BCUT2D eigenvalue weighted by Crippen LogP contribution is -2.44. The van der Waals surface area contributed by atoms with Gasteiger partial charge < -0.3 is 5.32 Å². The topological polar surface area (TPSA) is 12.0 Å². The molecule has 1 aliphatic rings. The maximum Gasteiger partial charge on any atom is 0.404 e. The molecule has 0 aromatic carbocycles. The van der Waals surface area contributed by atoms with E-state index in [0.29, 0.717) is 6.54 Å². The molecule has 1 aliphatic carbocycles. The summed E-state index contributed by atoms with van der Waals surface area (Å²) in [4.78, 5) is 0. The van der Waals surface area contributed by atoms with Crippen molar-refractivity contribution in [1.29, 1.82) is 0 Å². The first-order chi connectivity index (χ1) is 5.55. The van der Waals surface area contributed by atoms with E-state index in [2.05, 4.69) is 5.32 Å².